The van der Waals surface area contributed by atoms with Gasteiger partial charge < -0.3 is 5.32 Å². The summed E-state index contributed by atoms with van der Waals surface area (Å²) < 4.78 is 0. The van der Waals surface area contributed by atoms with Crippen molar-refractivity contribution in [1.29, 1.82) is 0 Å². The van der Waals surface area contributed by atoms with Gasteiger partial charge in [-0.3, -0.25) is 0 Å². The molecule has 0 aliphatic carbocycles. The van der Waals surface area contributed by atoms with Crippen LogP contribution in [0.2, 0.25) is 0 Å². The molecule has 0 unspecified atom stereocenters. The molecule has 1 heterocycles. The fraction of sp³-hybridized carbons (Fsp3) is 0.417. The predicted octanol–water partition coefficient (Wildman–Crippen LogP) is 2.70. The van der Waals surface area contributed by atoms with Gasteiger partial charge in [0.25, 0.3) is 0 Å². The van der Waals surface area contributed by atoms with Gasteiger partial charge in [-0.2, -0.15) is 0 Å². The number of hydrogen-bond acceptors (Lipinski definition) is 4. The molecule has 0 bridgehead atoms. The van der Waals surface area contributed by atoms with Gasteiger partial charge in [0, 0.05) is 12.4 Å². The number of para-hydroxylation sites is 1. The molecule has 0 radical (unpaired) electrons. The summed E-state index contributed by atoms with van der Waals surface area (Å²) in [5.41, 5.74) is 1.65. The van der Waals surface area contributed by atoms with Gasteiger partial charge in [-0.25, -0.2) is 4.98 Å². The molecule has 90 valence electrons. The molecule has 4 nitrogen and oxygen atoms in total. The van der Waals surface area contributed by atoms with Gasteiger partial charge in [0.15, 0.2) is 0 Å². The van der Waals surface area contributed by atoms with Crippen molar-refractivity contribution in [2.45, 2.75) is 13.8 Å². The van der Waals surface area contributed by atoms with E-state index in [2.05, 4.69) is 34.3 Å². The zero-order valence-electron chi connectivity index (χ0n) is 9.94. The Morgan fingerprint density at radius 3 is 2.59 bits per heavy atom. The van der Waals surface area contributed by atoms with Crippen LogP contribution in [0, 0.1) is 5.41 Å². The van der Waals surface area contributed by atoms with Crippen LogP contribution in [-0.4, -0.2) is 27.6 Å². The van der Waals surface area contributed by atoms with E-state index in [0.29, 0.717) is 11.8 Å². The second-order valence-corrected chi connectivity index (χ2v) is 5.04. The van der Waals surface area contributed by atoms with Crippen molar-refractivity contribution in [1.82, 2.24) is 15.2 Å². The van der Waals surface area contributed by atoms with E-state index in [1.165, 1.54) is 0 Å². The van der Waals surface area contributed by atoms with E-state index in [1.807, 2.05) is 24.3 Å². The Morgan fingerprint density at radius 2 is 1.88 bits per heavy atom. The molecule has 0 saturated carbocycles. The first-order chi connectivity index (χ1) is 8.11. The topological polar surface area (TPSA) is 50.7 Å². The third kappa shape index (κ3) is 3.03. The molecule has 1 N–H and O–H groups in total. The average Bonchev–Trinajstić information content (AvgIpc) is 2.36. The number of halogens is 1. The molecular formula is C12H15ClN4. The number of rotatable bonds is 4. The summed E-state index contributed by atoms with van der Waals surface area (Å²) >= 11 is 5.86. The number of benzene rings is 1. The Kier molecular flexibility index (Phi) is 3.43. The van der Waals surface area contributed by atoms with E-state index >= 15 is 0 Å². The van der Waals surface area contributed by atoms with Crippen molar-refractivity contribution in [2.75, 3.05) is 17.7 Å². The highest BCUT2D eigenvalue weighted by molar-refractivity contribution is 6.18. The summed E-state index contributed by atoms with van der Waals surface area (Å²) in [6.07, 6.45) is 0. The Labute approximate surface area is 105 Å². The third-order valence-corrected chi connectivity index (χ3v) is 3.17. The zero-order chi connectivity index (χ0) is 12.3. The molecule has 0 spiro atoms. The van der Waals surface area contributed by atoms with Crippen LogP contribution in [0.4, 0.5) is 5.95 Å². The van der Waals surface area contributed by atoms with Crippen LogP contribution in [0.25, 0.3) is 11.0 Å². The van der Waals surface area contributed by atoms with E-state index in [-0.39, 0.29) is 5.41 Å². The van der Waals surface area contributed by atoms with E-state index in [4.69, 9.17) is 11.6 Å². The first-order valence-electron chi connectivity index (χ1n) is 5.50. The molecule has 2 rings (SSSR count). The van der Waals surface area contributed by atoms with Crippen molar-refractivity contribution in [3.05, 3.63) is 24.3 Å². The lowest BCUT2D eigenvalue weighted by Gasteiger charge is -2.21. The lowest BCUT2D eigenvalue weighted by Crippen LogP contribution is -2.25. The molecule has 5 heteroatoms. The molecule has 1 aromatic carbocycles. The number of nitrogens with zero attached hydrogens (tertiary/aromatic N) is 3. The summed E-state index contributed by atoms with van der Waals surface area (Å²) in [4.78, 5) is 4.38. The molecule has 0 fully saturated rings. The lowest BCUT2D eigenvalue weighted by molar-refractivity contribution is 0.449. The standard InChI is InChI=1S/C12H15ClN4/c1-12(2,7-13)8-14-11-15-9-5-3-4-6-10(9)16-17-11/h3-6H,7-8H2,1-2H3,(H,14,15,17). The molecule has 17 heavy (non-hydrogen) atoms. The Balaban J connectivity index is 2.14. The summed E-state index contributed by atoms with van der Waals surface area (Å²) in [5.74, 6) is 1.13. The first kappa shape index (κ1) is 12.0. The minimum absolute atomic E-state index is 0.0105. The Morgan fingerprint density at radius 1 is 1.18 bits per heavy atom. The molecule has 1 aromatic heterocycles. The SMILES string of the molecule is CC(C)(CCl)CNc1nnc2ccccc2n1. The lowest BCUT2D eigenvalue weighted by atomic mass is 9.97. The van der Waals surface area contributed by atoms with Crippen LogP contribution >= 0.6 is 11.6 Å². The van der Waals surface area contributed by atoms with Gasteiger partial charge in [-0.15, -0.1) is 21.8 Å². The predicted molar refractivity (Wildman–Crippen MR) is 70.3 cm³/mol. The van der Waals surface area contributed by atoms with Gasteiger partial charge in [0.05, 0.1) is 5.52 Å². The van der Waals surface area contributed by atoms with Crippen molar-refractivity contribution in [3.8, 4) is 0 Å². The second-order valence-electron chi connectivity index (χ2n) is 4.78. The monoisotopic (exact) mass is 250 g/mol. The van der Waals surface area contributed by atoms with Crippen molar-refractivity contribution < 1.29 is 0 Å². The highest BCUT2D eigenvalue weighted by atomic mass is 35.5. The highest BCUT2D eigenvalue weighted by Crippen LogP contribution is 2.17. The van der Waals surface area contributed by atoms with E-state index in [1.54, 1.807) is 0 Å². The normalized spacial score (nSPS) is 11.7. The van der Waals surface area contributed by atoms with Gasteiger partial charge in [0.1, 0.15) is 5.52 Å². The molecule has 0 aliphatic heterocycles. The maximum atomic E-state index is 5.86. The van der Waals surface area contributed by atoms with Crippen molar-refractivity contribution in [3.63, 3.8) is 0 Å². The molecule has 0 saturated heterocycles. The van der Waals surface area contributed by atoms with E-state index in [9.17, 15) is 0 Å². The molecule has 0 atom stereocenters. The van der Waals surface area contributed by atoms with Crippen LogP contribution in [0.5, 0.6) is 0 Å². The third-order valence-electron chi connectivity index (χ3n) is 2.45. The maximum Gasteiger partial charge on any atom is 0.243 e. The Hall–Kier alpha value is -1.42. The van der Waals surface area contributed by atoms with Crippen LogP contribution < -0.4 is 5.32 Å². The molecule has 0 aliphatic rings. The summed E-state index contributed by atoms with van der Waals surface area (Å²) in [6.45, 7) is 4.89. The van der Waals surface area contributed by atoms with E-state index < -0.39 is 0 Å². The van der Waals surface area contributed by atoms with Crippen LogP contribution in [0.1, 0.15) is 13.8 Å². The fourth-order valence-electron chi connectivity index (χ4n) is 1.32. The first-order valence-corrected chi connectivity index (χ1v) is 6.03. The number of hydrogen-bond donors (Lipinski definition) is 1. The van der Waals surface area contributed by atoms with E-state index in [0.717, 1.165) is 17.6 Å². The fourth-order valence-corrected chi connectivity index (χ4v) is 1.42. The number of fused-ring (bicyclic) bond motifs is 1. The number of alkyl halides is 1. The quantitative estimate of drug-likeness (QED) is 0.848. The van der Waals surface area contributed by atoms with Gasteiger partial charge in [0.2, 0.25) is 5.95 Å². The van der Waals surface area contributed by atoms with Crippen molar-refractivity contribution >= 4 is 28.6 Å². The highest BCUT2D eigenvalue weighted by Gasteiger charge is 2.16. The Bertz CT molecular complexity index is 513. The summed E-state index contributed by atoms with van der Waals surface area (Å²) in [5, 5.41) is 11.3. The van der Waals surface area contributed by atoms with Crippen LogP contribution in [0.15, 0.2) is 24.3 Å². The number of anilines is 1. The zero-order valence-corrected chi connectivity index (χ0v) is 10.7. The largest absolute Gasteiger partial charge is 0.352 e. The average molecular weight is 251 g/mol. The smallest absolute Gasteiger partial charge is 0.243 e. The van der Waals surface area contributed by atoms with Crippen LogP contribution in [0.3, 0.4) is 0 Å². The number of nitrogens with one attached hydrogen (secondary N) is 1. The van der Waals surface area contributed by atoms with Crippen LogP contribution in [-0.2, 0) is 0 Å². The second kappa shape index (κ2) is 4.84. The van der Waals surface area contributed by atoms with Gasteiger partial charge in [-0.05, 0) is 17.5 Å². The molecule has 2 aromatic rings. The van der Waals surface area contributed by atoms with Gasteiger partial charge >= 0.3 is 0 Å². The minimum Gasteiger partial charge on any atom is -0.352 e. The number of aromatic nitrogens is 3. The summed E-state index contributed by atoms with van der Waals surface area (Å²) in [6, 6.07) is 7.66. The molecule has 0 amide bonds. The van der Waals surface area contributed by atoms with Gasteiger partial charge in [-0.1, -0.05) is 26.0 Å². The van der Waals surface area contributed by atoms with Crippen molar-refractivity contribution in [2.24, 2.45) is 5.41 Å². The molecular weight excluding hydrogens is 236 g/mol. The summed E-state index contributed by atoms with van der Waals surface area (Å²) in [7, 11) is 0. The minimum atomic E-state index is 0.0105. The maximum absolute atomic E-state index is 5.86.